The molecule has 1 amide bonds. The van der Waals surface area contributed by atoms with Gasteiger partial charge < -0.3 is 15.0 Å². The van der Waals surface area contributed by atoms with Crippen LogP contribution < -0.4 is 5.32 Å². The number of amides is 1. The average Bonchev–Trinajstić information content (AvgIpc) is 2.68. The molecule has 0 aliphatic carbocycles. The van der Waals surface area contributed by atoms with Crippen LogP contribution >= 0.6 is 24.2 Å². The van der Waals surface area contributed by atoms with Crippen LogP contribution in [0.25, 0.3) is 0 Å². The second kappa shape index (κ2) is 11.1. The van der Waals surface area contributed by atoms with E-state index in [4.69, 9.17) is 4.74 Å². The van der Waals surface area contributed by atoms with Crippen molar-refractivity contribution >= 4 is 30.3 Å². The summed E-state index contributed by atoms with van der Waals surface area (Å²) in [5.74, 6) is 1.04. The van der Waals surface area contributed by atoms with Crippen molar-refractivity contribution in [2.24, 2.45) is 0 Å². The maximum Gasteiger partial charge on any atom is 0.410 e. The molecule has 26 heavy (non-hydrogen) atoms. The number of halogens is 1. The molecule has 1 aliphatic rings. The first-order chi connectivity index (χ1) is 12.3. The zero-order valence-corrected chi connectivity index (χ0v) is 16.3. The van der Waals surface area contributed by atoms with Crippen LogP contribution in [0.3, 0.4) is 0 Å². The predicted molar refractivity (Wildman–Crippen MR) is 109 cm³/mol. The Morgan fingerprint density at radius 1 is 1.12 bits per heavy atom. The average molecular weight is 393 g/mol. The van der Waals surface area contributed by atoms with Crippen LogP contribution in [0.1, 0.15) is 12.0 Å². The largest absolute Gasteiger partial charge is 0.445 e. The van der Waals surface area contributed by atoms with E-state index in [0.717, 1.165) is 24.3 Å². The number of nitrogens with one attached hydrogen (secondary N) is 1. The van der Waals surface area contributed by atoms with Gasteiger partial charge in [0, 0.05) is 30.6 Å². The zero-order valence-electron chi connectivity index (χ0n) is 14.7. The molecule has 1 N–H and O–H groups in total. The number of carbonyl (C=O) groups excluding carboxylic acids is 1. The molecule has 1 saturated heterocycles. The van der Waals surface area contributed by atoms with Crippen LogP contribution in [0, 0.1) is 0 Å². The van der Waals surface area contributed by atoms with E-state index >= 15 is 0 Å². The third-order valence-electron chi connectivity index (χ3n) is 4.20. The molecule has 0 spiro atoms. The standard InChI is InChI=1S/C20H24N2O2S.ClH/c23-20(24-16-17-7-3-1-4-8-17)22-13-12-21-18(15-22)11-14-25-19-9-5-2-6-10-19;/h1-10,18,21H,11-16H2;1H/t18-;/m1./s1. The topological polar surface area (TPSA) is 41.6 Å². The lowest BCUT2D eigenvalue weighted by atomic mass is 10.2. The molecule has 0 unspecified atom stereocenters. The van der Waals surface area contributed by atoms with Crippen LogP contribution in [0.5, 0.6) is 0 Å². The van der Waals surface area contributed by atoms with Crippen molar-refractivity contribution in [2.45, 2.75) is 24.0 Å². The number of thioether (sulfide) groups is 1. The SMILES string of the molecule is Cl.O=C(OCc1ccccc1)N1CCN[C@H](CCSc2ccccc2)C1. The van der Waals surface area contributed by atoms with Gasteiger partial charge in [-0.1, -0.05) is 48.5 Å². The number of rotatable bonds is 6. The number of piperazine rings is 1. The number of benzene rings is 2. The molecule has 4 nitrogen and oxygen atoms in total. The van der Waals surface area contributed by atoms with E-state index in [9.17, 15) is 4.79 Å². The summed E-state index contributed by atoms with van der Waals surface area (Å²) in [6.07, 6.45) is 0.813. The molecule has 0 saturated carbocycles. The number of nitrogens with zero attached hydrogens (tertiary/aromatic N) is 1. The van der Waals surface area contributed by atoms with Crippen molar-refractivity contribution < 1.29 is 9.53 Å². The third kappa shape index (κ3) is 6.56. The zero-order chi connectivity index (χ0) is 17.3. The molecule has 3 rings (SSSR count). The van der Waals surface area contributed by atoms with Gasteiger partial charge in [0.25, 0.3) is 0 Å². The number of ether oxygens (including phenoxy) is 1. The van der Waals surface area contributed by atoms with Crippen molar-refractivity contribution in [1.82, 2.24) is 10.2 Å². The molecule has 0 aromatic heterocycles. The fourth-order valence-corrected chi connectivity index (χ4v) is 3.82. The summed E-state index contributed by atoms with van der Waals surface area (Å²) in [5.41, 5.74) is 1.02. The lowest BCUT2D eigenvalue weighted by molar-refractivity contribution is 0.0847. The summed E-state index contributed by atoms with van der Waals surface area (Å²) in [7, 11) is 0. The van der Waals surface area contributed by atoms with Crippen LogP contribution in [0.15, 0.2) is 65.6 Å². The fourth-order valence-electron chi connectivity index (χ4n) is 2.83. The van der Waals surface area contributed by atoms with Crippen LogP contribution in [0.4, 0.5) is 4.79 Å². The number of hydrogen-bond acceptors (Lipinski definition) is 4. The molecule has 2 aromatic rings. The Morgan fingerprint density at radius 3 is 2.54 bits per heavy atom. The monoisotopic (exact) mass is 392 g/mol. The molecule has 1 fully saturated rings. The molecule has 1 heterocycles. The maximum absolute atomic E-state index is 12.3. The highest BCUT2D eigenvalue weighted by atomic mass is 35.5. The summed E-state index contributed by atoms with van der Waals surface area (Å²) in [6.45, 7) is 2.57. The molecule has 140 valence electrons. The lowest BCUT2D eigenvalue weighted by Crippen LogP contribution is -2.52. The van der Waals surface area contributed by atoms with Gasteiger partial charge in [0.15, 0.2) is 0 Å². The van der Waals surface area contributed by atoms with Gasteiger partial charge in [-0.15, -0.1) is 24.2 Å². The van der Waals surface area contributed by atoms with Crippen molar-refractivity contribution in [3.63, 3.8) is 0 Å². The predicted octanol–water partition coefficient (Wildman–Crippen LogP) is 4.20. The van der Waals surface area contributed by atoms with Gasteiger partial charge in [-0.2, -0.15) is 0 Å². The Labute approximate surface area is 165 Å². The van der Waals surface area contributed by atoms with Crippen molar-refractivity contribution in [1.29, 1.82) is 0 Å². The Bertz CT molecular complexity index is 657. The number of hydrogen-bond donors (Lipinski definition) is 1. The highest BCUT2D eigenvalue weighted by molar-refractivity contribution is 7.99. The molecule has 1 aliphatic heterocycles. The van der Waals surface area contributed by atoms with E-state index in [0.29, 0.717) is 25.7 Å². The molecule has 1 atom stereocenters. The first-order valence-electron chi connectivity index (χ1n) is 8.68. The van der Waals surface area contributed by atoms with Gasteiger partial charge in [0.05, 0.1) is 0 Å². The van der Waals surface area contributed by atoms with Crippen molar-refractivity contribution in [3.05, 3.63) is 66.2 Å². The Morgan fingerprint density at radius 2 is 1.81 bits per heavy atom. The third-order valence-corrected chi connectivity index (χ3v) is 5.24. The highest BCUT2D eigenvalue weighted by Crippen LogP contribution is 2.19. The van der Waals surface area contributed by atoms with Gasteiger partial charge >= 0.3 is 6.09 Å². The van der Waals surface area contributed by atoms with E-state index in [-0.39, 0.29) is 18.5 Å². The minimum Gasteiger partial charge on any atom is -0.445 e. The fraction of sp³-hybridized carbons (Fsp3) is 0.350. The second-order valence-electron chi connectivity index (χ2n) is 6.09. The molecule has 6 heteroatoms. The highest BCUT2D eigenvalue weighted by Gasteiger charge is 2.24. The first-order valence-corrected chi connectivity index (χ1v) is 9.67. The van der Waals surface area contributed by atoms with E-state index in [1.54, 1.807) is 0 Å². The summed E-state index contributed by atoms with van der Waals surface area (Å²) >= 11 is 1.86. The van der Waals surface area contributed by atoms with Crippen LogP contribution in [-0.4, -0.2) is 42.4 Å². The van der Waals surface area contributed by atoms with Gasteiger partial charge in [-0.25, -0.2) is 4.79 Å². The van der Waals surface area contributed by atoms with Crippen LogP contribution in [-0.2, 0) is 11.3 Å². The minimum absolute atomic E-state index is 0. The van der Waals surface area contributed by atoms with E-state index in [1.165, 1.54) is 4.90 Å². The first kappa shape index (κ1) is 20.6. The normalized spacial score (nSPS) is 16.6. The Hall–Kier alpha value is -1.69. The van der Waals surface area contributed by atoms with Gasteiger partial charge in [0.2, 0.25) is 0 Å². The Balaban J connectivity index is 0.00000243. The minimum atomic E-state index is -0.217. The van der Waals surface area contributed by atoms with Gasteiger partial charge in [-0.05, 0) is 29.9 Å². The summed E-state index contributed by atoms with van der Waals surface area (Å²) in [6, 6.07) is 20.5. The summed E-state index contributed by atoms with van der Waals surface area (Å²) < 4.78 is 5.44. The smallest absolute Gasteiger partial charge is 0.410 e. The quantitative estimate of drug-likeness (QED) is 0.748. The van der Waals surface area contributed by atoms with Crippen molar-refractivity contribution in [2.75, 3.05) is 25.4 Å². The van der Waals surface area contributed by atoms with E-state index < -0.39 is 0 Å². The maximum atomic E-state index is 12.3. The second-order valence-corrected chi connectivity index (χ2v) is 7.26. The van der Waals surface area contributed by atoms with Crippen LogP contribution in [0.2, 0.25) is 0 Å². The summed E-state index contributed by atoms with van der Waals surface area (Å²) in [4.78, 5) is 15.4. The lowest BCUT2D eigenvalue weighted by Gasteiger charge is -2.33. The molecular weight excluding hydrogens is 368 g/mol. The van der Waals surface area contributed by atoms with Gasteiger partial charge in [-0.3, -0.25) is 0 Å². The van der Waals surface area contributed by atoms with Crippen molar-refractivity contribution in [3.8, 4) is 0 Å². The van der Waals surface area contributed by atoms with E-state index in [1.807, 2.05) is 53.1 Å². The Kier molecular flexibility index (Phi) is 8.81. The van der Waals surface area contributed by atoms with Gasteiger partial charge in [0.1, 0.15) is 6.61 Å². The molecule has 0 bridgehead atoms. The summed E-state index contributed by atoms with van der Waals surface area (Å²) in [5, 5.41) is 3.50. The van der Waals surface area contributed by atoms with E-state index in [2.05, 4.69) is 29.6 Å². The molecule has 0 radical (unpaired) electrons. The number of carbonyl (C=O) groups is 1. The molecule has 2 aromatic carbocycles. The molecular formula is C20H25ClN2O2S.